The molecule has 0 radical (unpaired) electrons. The monoisotopic (exact) mass is 440 g/mol. The van der Waals surface area contributed by atoms with Crippen LogP contribution in [0.1, 0.15) is 11.1 Å². The van der Waals surface area contributed by atoms with E-state index in [9.17, 15) is 39.5 Å². The molecule has 0 spiro atoms. The molecule has 114 valence electrons. The molecule has 0 saturated carbocycles. The zero-order chi connectivity index (χ0) is 15.9. The zero-order valence-corrected chi connectivity index (χ0v) is 11.8. The van der Waals surface area contributed by atoms with Crippen LogP contribution in [0.3, 0.4) is 0 Å². The predicted molar refractivity (Wildman–Crippen MR) is 61.1 cm³/mol. The fourth-order valence-corrected chi connectivity index (χ4v) is 2.79. The minimum Gasteiger partial charge on any atom is -0.166 e. The predicted octanol–water partition coefficient (Wildman–Crippen LogP) is 5.94. The molecule has 11 heteroatoms. The Morgan fingerprint density at radius 1 is 0.800 bits per heavy atom. The van der Waals surface area contributed by atoms with Gasteiger partial charge in [0.1, 0.15) is 0 Å². The number of hydrogen-bond donors (Lipinski definition) is 0. The van der Waals surface area contributed by atoms with Crippen LogP contribution in [0.4, 0.5) is 39.5 Å². The summed E-state index contributed by atoms with van der Waals surface area (Å²) in [5.74, 6) is 0. The summed E-state index contributed by atoms with van der Waals surface area (Å²) in [4.78, 5) is -1.50. The lowest BCUT2D eigenvalue weighted by Crippen LogP contribution is -2.19. The van der Waals surface area contributed by atoms with E-state index in [1.165, 1.54) is 0 Å². The standard InChI is InChI=1S/C9H2F9IS/c10-7(11,12)3-1-2-4(19)6(20-9(16,17)18)5(3)8(13,14)15/h1-2H. The number of benzene rings is 1. The highest BCUT2D eigenvalue weighted by molar-refractivity contribution is 14.1. The molecule has 0 unspecified atom stereocenters. The molecule has 20 heavy (non-hydrogen) atoms. The third-order valence-electron chi connectivity index (χ3n) is 1.92. The maximum Gasteiger partial charge on any atom is 0.446 e. The van der Waals surface area contributed by atoms with E-state index in [2.05, 4.69) is 0 Å². The van der Waals surface area contributed by atoms with Gasteiger partial charge in [0.05, 0.1) is 11.1 Å². The maximum absolute atomic E-state index is 12.7. The first-order chi connectivity index (χ1) is 8.73. The molecule has 0 nitrogen and oxygen atoms in total. The molecule has 0 aromatic heterocycles. The van der Waals surface area contributed by atoms with Crippen molar-refractivity contribution in [3.05, 3.63) is 26.8 Å². The van der Waals surface area contributed by atoms with Gasteiger partial charge in [-0.2, -0.15) is 39.5 Å². The van der Waals surface area contributed by atoms with Crippen LogP contribution in [-0.4, -0.2) is 5.51 Å². The van der Waals surface area contributed by atoms with Gasteiger partial charge in [-0.05, 0) is 46.5 Å². The van der Waals surface area contributed by atoms with Crippen molar-refractivity contribution in [1.29, 1.82) is 0 Å². The lowest BCUT2D eigenvalue weighted by Gasteiger charge is -2.20. The maximum atomic E-state index is 12.7. The first-order valence-corrected chi connectivity index (χ1v) is 6.35. The number of rotatable bonds is 1. The van der Waals surface area contributed by atoms with Crippen LogP contribution >= 0.6 is 34.4 Å². The molecular formula is C9H2F9IS. The highest BCUT2D eigenvalue weighted by Gasteiger charge is 2.47. The van der Waals surface area contributed by atoms with Crippen molar-refractivity contribution in [2.24, 2.45) is 0 Å². The van der Waals surface area contributed by atoms with E-state index in [4.69, 9.17) is 0 Å². The smallest absolute Gasteiger partial charge is 0.166 e. The summed E-state index contributed by atoms with van der Waals surface area (Å²) >= 11 is -0.0937. The largest absolute Gasteiger partial charge is 0.446 e. The Labute approximate surface area is 123 Å². The number of halogens is 10. The van der Waals surface area contributed by atoms with Crippen molar-refractivity contribution >= 4 is 34.4 Å². The lowest BCUT2D eigenvalue weighted by molar-refractivity contribution is -0.163. The summed E-state index contributed by atoms with van der Waals surface area (Å²) < 4.78 is 112. The fourth-order valence-electron chi connectivity index (χ4n) is 1.29. The lowest BCUT2D eigenvalue weighted by atomic mass is 10.1. The Morgan fingerprint density at radius 3 is 1.65 bits per heavy atom. The Kier molecular flexibility index (Phi) is 4.84. The highest BCUT2D eigenvalue weighted by Crippen LogP contribution is 2.49. The molecule has 0 amide bonds. The van der Waals surface area contributed by atoms with Gasteiger partial charge in [0.2, 0.25) is 0 Å². The first-order valence-electron chi connectivity index (χ1n) is 4.46. The van der Waals surface area contributed by atoms with E-state index < -0.39 is 49.2 Å². The second kappa shape index (κ2) is 5.46. The van der Waals surface area contributed by atoms with Crippen molar-refractivity contribution in [1.82, 2.24) is 0 Å². The molecule has 0 aliphatic heterocycles. The summed E-state index contributed by atoms with van der Waals surface area (Å²) in [5, 5.41) is 0. The van der Waals surface area contributed by atoms with Gasteiger partial charge in [-0.3, -0.25) is 0 Å². The van der Waals surface area contributed by atoms with Crippen LogP contribution in [-0.2, 0) is 12.4 Å². The van der Waals surface area contributed by atoms with Crippen LogP contribution in [0.5, 0.6) is 0 Å². The molecule has 0 bridgehead atoms. The number of thioether (sulfide) groups is 1. The van der Waals surface area contributed by atoms with Crippen molar-refractivity contribution < 1.29 is 39.5 Å². The average Bonchev–Trinajstić information content (AvgIpc) is 2.15. The van der Waals surface area contributed by atoms with E-state index in [1.54, 1.807) is 0 Å². The minimum absolute atomic E-state index is 0.116. The molecular weight excluding hydrogens is 438 g/mol. The number of alkyl halides is 9. The normalized spacial score (nSPS) is 13.7. The van der Waals surface area contributed by atoms with Crippen LogP contribution in [0.2, 0.25) is 0 Å². The van der Waals surface area contributed by atoms with E-state index in [0.29, 0.717) is 6.07 Å². The summed E-state index contributed by atoms with van der Waals surface area (Å²) in [7, 11) is 0. The molecule has 0 aliphatic rings. The van der Waals surface area contributed by atoms with Crippen molar-refractivity contribution in [3.63, 3.8) is 0 Å². The topological polar surface area (TPSA) is 0 Å². The Bertz CT molecular complexity index is 500. The third kappa shape index (κ3) is 4.33. The molecule has 0 aliphatic carbocycles. The third-order valence-corrected chi connectivity index (χ3v) is 4.04. The van der Waals surface area contributed by atoms with Gasteiger partial charge in [0, 0.05) is 8.47 Å². The van der Waals surface area contributed by atoms with Gasteiger partial charge < -0.3 is 0 Å². The highest BCUT2D eigenvalue weighted by atomic mass is 127. The average molecular weight is 440 g/mol. The minimum atomic E-state index is -5.56. The second-order valence-corrected chi connectivity index (χ2v) is 5.58. The number of hydrogen-bond acceptors (Lipinski definition) is 1. The van der Waals surface area contributed by atoms with Crippen LogP contribution in [0.15, 0.2) is 17.0 Å². The SMILES string of the molecule is FC(F)(F)Sc1c(I)ccc(C(F)(F)F)c1C(F)(F)F. The van der Waals surface area contributed by atoms with E-state index in [-0.39, 0.29) is 6.07 Å². The van der Waals surface area contributed by atoms with Gasteiger partial charge in [-0.1, -0.05) is 0 Å². The van der Waals surface area contributed by atoms with E-state index in [1.807, 2.05) is 0 Å². The van der Waals surface area contributed by atoms with Crippen molar-refractivity contribution in [3.8, 4) is 0 Å². The molecule has 0 saturated heterocycles. The first kappa shape index (κ1) is 17.7. The molecule has 0 heterocycles. The Hall–Kier alpha value is -0.330. The summed E-state index contributed by atoms with van der Waals surface area (Å²) in [6.07, 6.45) is -11.0. The summed E-state index contributed by atoms with van der Waals surface area (Å²) in [5.41, 5.74) is -9.60. The molecule has 1 aromatic rings. The molecule has 0 N–H and O–H groups in total. The van der Waals surface area contributed by atoms with E-state index >= 15 is 0 Å². The Morgan fingerprint density at radius 2 is 1.30 bits per heavy atom. The molecule has 1 aromatic carbocycles. The van der Waals surface area contributed by atoms with Crippen molar-refractivity contribution in [2.75, 3.05) is 0 Å². The van der Waals surface area contributed by atoms with Gasteiger partial charge in [-0.25, -0.2) is 0 Å². The summed E-state index contributed by atoms with van der Waals surface area (Å²) in [6.45, 7) is 0. The quantitative estimate of drug-likeness (QED) is 0.296. The van der Waals surface area contributed by atoms with Crippen LogP contribution in [0, 0.1) is 3.57 Å². The van der Waals surface area contributed by atoms with Gasteiger partial charge in [0.15, 0.2) is 0 Å². The second-order valence-electron chi connectivity index (χ2n) is 3.34. The Balaban J connectivity index is 3.64. The van der Waals surface area contributed by atoms with Gasteiger partial charge in [0.25, 0.3) is 0 Å². The fraction of sp³-hybridized carbons (Fsp3) is 0.333. The van der Waals surface area contributed by atoms with Crippen LogP contribution in [0.25, 0.3) is 0 Å². The van der Waals surface area contributed by atoms with E-state index in [0.717, 1.165) is 22.6 Å². The summed E-state index contributed by atoms with van der Waals surface area (Å²) in [6, 6.07) is 0.678. The zero-order valence-electron chi connectivity index (χ0n) is 8.84. The van der Waals surface area contributed by atoms with Gasteiger partial charge >= 0.3 is 17.9 Å². The van der Waals surface area contributed by atoms with Crippen molar-refractivity contribution in [2.45, 2.75) is 22.8 Å². The van der Waals surface area contributed by atoms with Crippen LogP contribution < -0.4 is 0 Å². The van der Waals surface area contributed by atoms with Gasteiger partial charge in [-0.15, -0.1) is 0 Å². The molecule has 0 atom stereocenters. The molecule has 1 rings (SSSR count). The molecule has 0 fully saturated rings.